The Bertz CT molecular complexity index is 928. The molecule has 0 fully saturated rings. The molecule has 2 N–H and O–H groups in total. The summed E-state index contributed by atoms with van der Waals surface area (Å²) in [6, 6.07) is 15.3. The number of hydrogen-bond acceptors (Lipinski definition) is 6. The number of nitrogens with one attached hydrogen (secondary N) is 2. The topological polar surface area (TPSA) is 85.4 Å². The standard InChI is InChI=1S/C22H24N4O3/c1-16-5-3-4-6-17(16)13-24-21(27)18-14-25-22(26-15-18)23-11-12-29-20-9-7-19(28-2)8-10-20/h3-10,14-15H,11-13H2,1-2H3,(H,24,27)(H,23,25,26). The Morgan fingerprint density at radius 2 is 1.69 bits per heavy atom. The van der Waals surface area contributed by atoms with Gasteiger partial charge in [0.15, 0.2) is 0 Å². The fraction of sp³-hybridized carbons (Fsp3) is 0.227. The fourth-order valence-corrected chi connectivity index (χ4v) is 2.63. The average Bonchev–Trinajstić information content (AvgIpc) is 2.77. The largest absolute Gasteiger partial charge is 0.497 e. The Morgan fingerprint density at radius 1 is 1.00 bits per heavy atom. The lowest BCUT2D eigenvalue weighted by Crippen LogP contribution is -2.23. The highest BCUT2D eigenvalue weighted by Crippen LogP contribution is 2.16. The van der Waals surface area contributed by atoms with E-state index in [4.69, 9.17) is 9.47 Å². The molecule has 0 saturated heterocycles. The number of carbonyl (C=O) groups excluding carboxylic acids is 1. The van der Waals surface area contributed by atoms with E-state index in [2.05, 4.69) is 20.6 Å². The van der Waals surface area contributed by atoms with Crippen molar-refractivity contribution in [2.24, 2.45) is 0 Å². The smallest absolute Gasteiger partial charge is 0.254 e. The molecule has 29 heavy (non-hydrogen) atoms. The van der Waals surface area contributed by atoms with E-state index in [0.29, 0.717) is 31.2 Å². The number of carbonyl (C=O) groups is 1. The molecule has 1 aromatic heterocycles. The molecule has 3 rings (SSSR count). The molecule has 1 amide bonds. The van der Waals surface area contributed by atoms with E-state index in [9.17, 15) is 4.79 Å². The number of methoxy groups -OCH3 is 1. The van der Waals surface area contributed by atoms with Crippen molar-refractivity contribution in [3.63, 3.8) is 0 Å². The van der Waals surface area contributed by atoms with E-state index in [-0.39, 0.29) is 5.91 Å². The molecule has 3 aromatic rings. The van der Waals surface area contributed by atoms with Gasteiger partial charge in [0.05, 0.1) is 19.2 Å². The summed E-state index contributed by atoms with van der Waals surface area (Å²) in [6.45, 7) is 3.47. The number of ether oxygens (including phenoxy) is 2. The summed E-state index contributed by atoms with van der Waals surface area (Å²) in [5.74, 6) is 1.78. The molecule has 7 heteroatoms. The van der Waals surface area contributed by atoms with Crippen LogP contribution in [0.25, 0.3) is 0 Å². The summed E-state index contributed by atoms with van der Waals surface area (Å²) in [7, 11) is 1.62. The third-order valence-corrected chi connectivity index (χ3v) is 4.33. The van der Waals surface area contributed by atoms with Gasteiger partial charge in [-0.15, -0.1) is 0 Å². The van der Waals surface area contributed by atoms with Crippen LogP contribution in [-0.2, 0) is 6.54 Å². The second-order valence-corrected chi connectivity index (χ2v) is 6.36. The molecular weight excluding hydrogens is 368 g/mol. The normalized spacial score (nSPS) is 10.3. The molecule has 0 aliphatic carbocycles. The number of aromatic nitrogens is 2. The van der Waals surface area contributed by atoms with Crippen LogP contribution < -0.4 is 20.1 Å². The summed E-state index contributed by atoms with van der Waals surface area (Å²) in [6.07, 6.45) is 3.01. The zero-order chi connectivity index (χ0) is 20.5. The first-order chi connectivity index (χ1) is 14.2. The molecule has 0 aliphatic heterocycles. The lowest BCUT2D eigenvalue weighted by Gasteiger charge is -2.09. The highest BCUT2D eigenvalue weighted by atomic mass is 16.5. The Labute approximate surface area is 170 Å². The van der Waals surface area contributed by atoms with Crippen LogP contribution in [-0.4, -0.2) is 36.1 Å². The van der Waals surface area contributed by atoms with Crippen molar-refractivity contribution in [1.82, 2.24) is 15.3 Å². The molecule has 7 nitrogen and oxygen atoms in total. The molecule has 0 saturated carbocycles. The number of hydrogen-bond donors (Lipinski definition) is 2. The molecule has 1 heterocycles. The monoisotopic (exact) mass is 392 g/mol. The van der Waals surface area contributed by atoms with Crippen molar-refractivity contribution >= 4 is 11.9 Å². The highest BCUT2D eigenvalue weighted by Gasteiger charge is 2.08. The molecule has 0 atom stereocenters. The Morgan fingerprint density at radius 3 is 2.38 bits per heavy atom. The maximum atomic E-state index is 12.3. The zero-order valence-corrected chi connectivity index (χ0v) is 16.5. The van der Waals surface area contributed by atoms with E-state index in [1.807, 2.05) is 55.5 Å². The summed E-state index contributed by atoms with van der Waals surface area (Å²) < 4.78 is 10.7. The SMILES string of the molecule is COc1ccc(OCCNc2ncc(C(=O)NCc3ccccc3C)cn2)cc1. The lowest BCUT2D eigenvalue weighted by molar-refractivity contribution is 0.0950. The van der Waals surface area contributed by atoms with Crippen LogP contribution in [0.5, 0.6) is 11.5 Å². The zero-order valence-electron chi connectivity index (χ0n) is 16.5. The van der Waals surface area contributed by atoms with Crippen LogP contribution in [0, 0.1) is 6.92 Å². The van der Waals surface area contributed by atoms with Gasteiger partial charge in [-0.25, -0.2) is 9.97 Å². The maximum absolute atomic E-state index is 12.3. The molecule has 0 unspecified atom stereocenters. The van der Waals surface area contributed by atoms with Crippen molar-refractivity contribution < 1.29 is 14.3 Å². The average molecular weight is 392 g/mol. The van der Waals surface area contributed by atoms with E-state index in [1.54, 1.807) is 7.11 Å². The van der Waals surface area contributed by atoms with Crippen LogP contribution in [0.2, 0.25) is 0 Å². The number of aryl methyl sites for hydroxylation is 1. The van der Waals surface area contributed by atoms with Gasteiger partial charge in [0, 0.05) is 18.9 Å². The first kappa shape index (κ1) is 20.1. The van der Waals surface area contributed by atoms with Gasteiger partial charge >= 0.3 is 0 Å². The highest BCUT2D eigenvalue weighted by molar-refractivity contribution is 5.93. The van der Waals surface area contributed by atoms with Crippen molar-refractivity contribution in [2.75, 3.05) is 25.6 Å². The molecule has 0 aliphatic rings. The van der Waals surface area contributed by atoms with E-state index < -0.39 is 0 Å². The van der Waals surface area contributed by atoms with Gasteiger partial charge < -0.3 is 20.1 Å². The number of anilines is 1. The van der Waals surface area contributed by atoms with E-state index in [1.165, 1.54) is 12.4 Å². The second-order valence-electron chi connectivity index (χ2n) is 6.36. The molecule has 0 radical (unpaired) electrons. The summed E-state index contributed by atoms with van der Waals surface area (Å²) in [4.78, 5) is 20.6. The summed E-state index contributed by atoms with van der Waals surface area (Å²) in [5.41, 5.74) is 2.64. The quantitative estimate of drug-likeness (QED) is 0.544. The summed E-state index contributed by atoms with van der Waals surface area (Å²) in [5, 5.41) is 5.95. The van der Waals surface area contributed by atoms with Crippen molar-refractivity contribution in [2.45, 2.75) is 13.5 Å². The Balaban J connectivity index is 1.42. The Kier molecular flexibility index (Phi) is 7.00. The third kappa shape index (κ3) is 5.93. The van der Waals surface area contributed by atoms with Gasteiger partial charge in [-0.1, -0.05) is 24.3 Å². The molecular formula is C22H24N4O3. The predicted octanol–water partition coefficient (Wildman–Crippen LogP) is 3.21. The van der Waals surface area contributed by atoms with Gasteiger partial charge in [0.25, 0.3) is 5.91 Å². The van der Waals surface area contributed by atoms with Gasteiger partial charge in [-0.2, -0.15) is 0 Å². The molecule has 150 valence electrons. The van der Waals surface area contributed by atoms with Gasteiger partial charge in [-0.05, 0) is 42.3 Å². The van der Waals surface area contributed by atoms with Crippen molar-refractivity contribution in [3.8, 4) is 11.5 Å². The summed E-state index contributed by atoms with van der Waals surface area (Å²) >= 11 is 0. The number of rotatable bonds is 9. The maximum Gasteiger partial charge on any atom is 0.254 e. The molecule has 0 bridgehead atoms. The third-order valence-electron chi connectivity index (χ3n) is 4.33. The van der Waals surface area contributed by atoms with Gasteiger partial charge in [-0.3, -0.25) is 4.79 Å². The fourth-order valence-electron chi connectivity index (χ4n) is 2.63. The number of amides is 1. The number of nitrogens with zero attached hydrogens (tertiary/aromatic N) is 2. The minimum absolute atomic E-state index is 0.206. The van der Waals surface area contributed by atoms with Gasteiger partial charge in [0.1, 0.15) is 18.1 Å². The van der Waals surface area contributed by atoms with E-state index >= 15 is 0 Å². The Hall–Kier alpha value is -3.61. The minimum atomic E-state index is -0.206. The van der Waals surface area contributed by atoms with Crippen LogP contribution in [0.15, 0.2) is 60.9 Å². The predicted molar refractivity (Wildman–Crippen MR) is 111 cm³/mol. The van der Waals surface area contributed by atoms with Crippen molar-refractivity contribution in [1.29, 1.82) is 0 Å². The molecule has 0 spiro atoms. The number of benzene rings is 2. The second kappa shape index (κ2) is 10.1. The van der Waals surface area contributed by atoms with Gasteiger partial charge in [0.2, 0.25) is 5.95 Å². The first-order valence-corrected chi connectivity index (χ1v) is 9.31. The van der Waals surface area contributed by atoms with E-state index in [0.717, 1.165) is 22.6 Å². The minimum Gasteiger partial charge on any atom is -0.497 e. The van der Waals surface area contributed by atoms with Crippen LogP contribution >= 0.6 is 0 Å². The lowest BCUT2D eigenvalue weighted by atomic mass is 10.1. The molecule has 2 aromatic carbocycles. The van der Waals surface area contributed by atoms with Crippen LogP contribution in [0.3, 0.4) is 0 Å². The van der Waals surface area contributed by atoms with Crippen LogP contribution in [0.4, 0.5) is 5.95 Å². The van der Waals surface area contributed by atoms with Crippen molar-refractivity contribution in [3.05, 3.63) is 77.6 Å². The van der Waals surface area contributed by atoms with Crippen LogP contribution in [0.1, 0.15) is 21.5 Å². The first-order valence-electron chi connectivity index (χ1n) is 9.31.